The normalized spacial score (nSPS) is 19.3. The maximum atomic E-state index is 12.8. The molecule has 0 bridgehead atoms. The fourth-order valence-electron chi connectivity index (χ4n) is 3.80. The summed E-state index contributed by atoms with van der Waals surface area (Å²) in [7, 11) is 0. The average molecular weight is 402 g/mol. The van der Waals surface area contributed by atoms with E-state index in [-0.39, 0.29) is 22.5 Å². The Morgan fingerprint density at radius 2 is 1.62 bits per heavy atom. The molecule has 0 spiro atoms. The molecule has 1 fully saturated rings. The summed E-state index contributed by atoms with van der Waals surface area (Å²) in [6, 6.07) is 5.21. The number of rotatable bonds is 4. The molecule has 1 N–H and O–H groups in total. The predicted octanol–water partition coefficient (Wildman–Crippen LogP) is 3.07. The number of nitrogens with zero attached hydrogens (tertiary/aromatic N) is 1. The number of nitrogens with one attached hydrogen (secondary N) is 1. The number of carbonyl (C=O) groups excluding carboxylic acids is 4. The first-order valence-corrected chi connectivity index (χ1v) is 9.57. The van der Waals surface area contributed by atoms with Crippen molar-refractivity contribution in [3.8, 4) is 0 Å². The van der Waals surface area contributed by atoms with Crippen LogP contribution < -0.4 is 5.32 Å². The van der Waals surface area contributed by atoms with E-state index in [1.807, 2.05) is 0 Å². The third-order valence-electron chi connectivity index (χ3n) is 4.97. The number of amides is 3. The summed E-state index contributed by atoms with van der Waals surface area (Å²) in [6.45, 7) is 9.26. The molecule has 0 saturated heterocycles. The van der Waals surface area contributed by atoms with Crippen LogP contribution >= 0.6 is 0 Å². The number of hydrogen-bond acceptors (Lipinski definition) is 6. The van der Waals surface area contributed by atoms with Gasteiger partial charge in [0.25, 0.3) is 11.8 Å². The molecule has 8 heteroatoms. The average Bonchev–Trinajstić information content (AvgIpc) is 2.81. The fraction of sp³-hybridized carbons (Fsp3) is 0.524. The second kappa shape index (κ2) is 7.17. The van der Waals surface area contributed by atoms with Crippen molar-refractivity contribution in [1.82, 2.24) is 10.4 Å². The molecular formula is C21H26N2O6. The topological polar surface area (TPSA) is 102 Å². The van der Waals surface area contributed by atoms with Gasteiger partial charge in [-0.1, -0.05) is 31.0 Å². The summed E-state index contributed by atoms with van der Waals surface area (Å²) in [6.07, 6.45) is 0.613. The van der Waals surface area contributed by atoms with Gasteiger partial charge in [0.2, 0.25) is 0 Å². The lowest BCUT2D eigenvalue weighted by Crippen LogP contribution is -2.54. The lowest BCUT2D eigenvalue weighted by atomic mass is 9.62. The van der Waals surface area contributed by atoms with Crippen molar-refractivity contribution in [1.29, 1.82) is 0 Å². The molecule has 1 aliphatic carbocycles. The Morgan fingerprint density at radius 1 is 1.10 bits per heavy atom. The van der Waals surface area contributed by atoms with Crippen LogP contribution in [-0.2, 0) is 14.4 Å². The van der Waals surface area contributed by atoms with E-state index in [2.05, 4.69) is 19.2 Å². The number of hydroxylamine groups is 2. The molecule has 1 aromatic rings. The maximum absolute atomic E-state index is 12.8. The second-order valence-electron chi connectivity index (χ2n) is 9.32. The van der Waals surface area contributed by atoms with Gasteiger partial charge in [-0.2, -0.15) is 0 Å². The van der Waals surface area contributed by atoms with Crippen LogP contribution in [-0.4, -0.2) is 40.6 Å². The summed E-state index contributed by atoms with van der Waals surface area (Å²) < 4.78 is 5.25. The van der Waals surface area contributed by atoms with Crippen LogP contribution in [0.1, 0.15) is 68.2 Å². The minimum Gasteiger partial charge on any atom is -0.444 e. The lowest BCUT2D eigenvalue weighted by Gasteiger charge is -2.45. The van der Waals surface area contributed by atoms with Gasteiger partial charge in [-0.05, 0) is 57.1 Å². The largest absolute Gasteiger partial charge is 0.444 e. The Labute approximate surface area is 169 Å². The summed E-state index contributed by atoms with van der Waals surface area (Å²) >= 11 is 0. The van der Waals surface area contributed by atoms with Crippen LogP contribution in [0.2, 0.25) is 0 Å². The number of benzene rings is 1. The molecule has 3 rings (SSSR count). The van der Waals surface area contributed by atoms with E-state index >= 15 is 0 Å². The van der Waals surface area contributed by atoms with Gasteiger partial charge in [0.15, 0.2) is 0 Å². The van der Waals surface area contributed by atoms with Crippen molar-refractivity contribution in [3.63, 3.8) is 0 Å². The maximum Gasteiger partial charge on any atom is 0.408 e. The molecular weight excluding hydrogens is 376 g/mol. The van der Waals surface area contributed by atoms with Gasteiger partial charge in [-0.25, -0.2) is 9.59 Å². The fourth-order valence-corrected chi connectivity index (χ4v) is 3.80. The van der Waals surface area contributed by atoms with Crippen molar-refractivity contribution in [2.45, 2.75) is 59.1 Å². The van der Waals surface area contributed by atoms with Gasteiger partial charge in [-0.3, -0.25) is 9.59 Å². The Bertz CT molecular complexity index is 827. The predicted molar refractivity (Wildman–Crippen MR) is 103 cm³/mol. The second-order valence-corrected chi connectivity index (χ2v) is 9.32. The van der Waals surface area contributed by atoms with E-state index in [1.165, 1.54) is 12.1 Å². The highest BCUT2D eigenvalue weighted by molar-refractivity contribution is 6.20. The smallest absolute Gasteiger partial charge is 0.408 e. The highest BCUT2D eigenvalue weighted by atomic mass is 16.7. The van der Waals surface area contributed by atoms with E-state index in [1.54, 1.807) is 32.9 Å². The Kier molecular flexibility index (Phi) is 5.15. The first-order valence-electron chi connectivity index (χ1n) is 9.57. The van der Waals surface area contributed by atoms with Crippen molar-refractivity contribution in [2.75, 3.05) is 0 Å². The lowest BCUT2D eigenvalue weighted by molar-refractivity contribution is -0.175. The molecule has 1 saturated carbocycles. The van der Waals surface area contributed by atoms with E-state index < -0.39 is 35.5 Å². The molecule has 156 valence electrons. The summed E-state index contributed by atoms with van der Waals surface area (Å²) in [5, 5.41) is 3.01. The van der Waals surface area contributed by atoms with Gasteiger partial charge >= 0.3 is 12.1 Å². The van der Waals surface area contributed by atoms with Crippen LogP contribution in [0.5, 0.6) is 0 Å². The zero-order chi connectivity index (χ0) is 21.6. The zero-order valence-electron chi connectivity index (χ0n) is 17.3. The molecule has 1 heterocycles. The van der Waals surface area contributed by atoms with Crippen LogP contribution in [0.25, 0.3) is 0 Å². The molecule has 0 radical (unpaired) electrons. The molecule has 1 aliphatic heterocycles. The van der Waals surface area contributed by atoms with Gasteiger partial charge < -0.3 is 14.9 Å². The van der Waals surface area contributed by atoms with E-state index in [4.69, 9.17) is 9.57 Å². The van der Waals surface area contributed by atoms with Crippen LogP contribution in [0.15, 0.2) is 24.3 Å². The number of fused-ring (bicyclic) bond motifs is 1. The Balaban J connectivity index is 1.74. The number of ether oxygens (including phenoxy) is 1. The van der Waals surface area contributed by atoms with Gasteiger partial charge in [0, 0.05) is 0 Å². The van der Waals surface area contributed by atoms with E-state index in [0.29, 0.717) is 17.9 Å². The minimum absolute atomic E-state index is 0.0360. The van der Waals surface area contributed by atoms with Crippen molar-refractivity contribution in [3.05, 3.63) is 35.4 Å². The number of alkyl carbamates (subject to hydrolysis) is 1. The molecule has 0 aromatic heterocycles. The highest BCUT2D eigenvalue weighted by Gasteiger charge is 2.47. The summed E-state index contributed by atoms with van der Waals surface area (Å²) in [5.41, 5.74) is -0.354. The molecule has 2 aliphatic rings. The number of hydrogen-bond donors (Lipinski definition) is 1. The van der Waals surface area contributed by atoms with E-state index in [0.717, 1.165) is 0 Å². The Hall–Kier alpha value is -2.90. The van der Waals surface area contributed by atoms with Crippen molar-refractivity contribution < 1.29 is 28.8 Å². The summed E-state index contributed by atoms with van der Waals surface area (Å²) in [5.74, 6) is -2.46. The van der Waals surface area contributed by atoms with Crippen LogP contribution in [0.4, 0.5) is 4.79 Å². The summed E-state index contributed by atoms with van der Waals surface area (Å²) in [4.78, 5) is 55.1. The third kappa shape index (κ3) is 4.41. The van der Waals surface area contributed by atoms with Crippen molar-refractivity contribution in [2.24, 2.45) is 11.3 Å². The van der Waals surface area contributed by atoms with Crippen LogP contribution in [0, 0.1) is 11.3 Å². The molecule has 29 heavy (non-hydrogen) atoms. The standard InChI is InChI=1S/C21H26N2O6/c1-20(2,3)28-19(27)22-15(12-10-21(4,5)11-12)18(26)29-23-16(24)13-8-6-7-9-14(13)17(23)25/h6-9,12,15H,10-11H2,1-5H3,(H,22,27). The van der Waals surface area contributed by atoms with Gasteiger partial charge in [0.05, 0.1) is 11.1 Å². The number of imide groups is 1. The quantitative estimate of drug-likeness (QED) is 0.777. The Morgan fingerprint density at radius 3 is 2.07 bits per heavy atom. The SMILES string of the molecule is CC1(C)CC(C(NC(=O)OC(C)(C)C)C(=O)ON2C(=O)c3ccccc3C2=O)C1. The first kappa shape index (κ1) is 20.8. The first-order chi connectivity index (χ1) is 13.4. The van der Waals surface area contributed by atoms with Crippen molar-refractivity contribution >= 4 is 23.9 Å². The monoisotopic (exact) mass is 402 g/mol. The molecule has 1 aromatic carbocycles. The molecule has 3 amide bonds. The van der Waals surface area contributed by atoms with Gasteiger partial charge in [0.1, 0.15) is 11.6 Å². The molecule has 8 nitrogen and oxygen atoms in total. The van der Waals surface area contributed by atoms with Crippen LogP contribution in [0.3, 0.4) is 0 Å². The molecule has 1 atom stereocenters. The van der Waals surface area contributed by atoms with Gasteiger partial charge in [-0.15, -0.1) is 0 Å². The minimum atomic E-state index is -1.03. The molecule has 1 unspecified atom stereocenters. The highest BCUT2D eigenvalue weighted by Crippen LogP contribution is 2.46. The zero-order valence-corrected chi connectivity index (χ0v) is 17.3. The third-order valence-corrected chi connectivity index (χ3v) is 4.97. The van der Waals surface area contributed by atoms with E-state index in [9.17, 15) is 19.2 Å². The number of carbonyl (C=O) groups is 4.